The third-order valence-electron chi connectivity index (χ3n) is 4.20. The fourth-order valence-corrected chi connectivity index (χ4v) is 2.91. The monoisotopic (exact) mass is 352 g/mol. The number of fused-ring (bicyclic) bond motifs is 1. The van der Waals surface area contributed by atoms with Crippen LogP contribution in [0, 0.1) is 0 Å². The number of para-hydroxylation sites is 1. The lowest BCUT2D eigenvalue weighted by atomic mass is 10.1. The van der Waals surface area contributed by atoms with Crippen LogP contribution in [0.1, 0.15) is 15.9 Å². The molecule has 3 rings (SSSR count). The maximum atomic E-state index is 12.9. The molecule has 3 aromatic rings. The van der Waals surface area contributed by atoms with E-state index in [4.69, 9.17) is 9.47 Å². The lowest BCUT2D eigenvalue weighted by molar-refractivity contribution is 0.0786. The average Bonchev–Trinajstić information content (AvgIpc) is 2.66. The van der Waals surface area contributed by atoms with E-state index in [9.17, 15) is 9.59 Å². The second kappa shape index (κ2) is 7.31. The summed E-state index contributed by atoms with van der Waals surface area (Å²) in [5.41, 5.74) is 1.62. The zero-order valence-corrected chi connectivity index (χ0v) is 14.9. The van der Waals surface area contributed by atoms with Crippen LogP contribution in [0.3, 0.4) is 0 Å². The molecule has 6 heteroatoms. The second-order valence-electron chi connectivity index (χ2n) is 5.94. The Morgan fingerprint density at radius 1 is 1.04 bits per heavy atom. The molecule has 0 bridgehead atoms. The second-order valence-corrected chi connectivity index (χ2v) is 5.94. The maximum absolute atomic E-state index is 12.9. The topological polar surface area (TPSA) is 71.6 Å². The van der Waals surface area contributed by atoms with Gasteiger partial charge in [0.15, 0.2) is 11.5 Å². The summed E-state index contributed by atoms with van der Waals surface area (Å²) in [5, 5.41) is 0.719. The van der Waals surface area contributed by atoms with E-state index in [-0.39, 0.29) is 11.5 Å². The zero-order chi connectivity index (χ0) is 18.7. The van der Waals surface area contributed by atoms with Gasteiger partial charge in [-0.05, 0) is 23.8 Å². The third kappa shape index (κ3) is 3.39. The Kier molecular flexibility index (Phi) is 4.93. The van der Waals surface area contributed by atoms with E-state index in [1.807, 2.05) is 30.3 Å². The summed E-state index contributed by atoms with van der Waals surface area (Å²) < 4.78 is 10.5. The Morgan fingerprint density at radius 3 is 2.50 bits per heavy atom. The molecule has 134 valence electrons. The van der Waals surface area contributed by atoms with Crippen molar-refractivity contribution >= 4 is 16.8 Å². The Balaban J connectivity index is 1.90. The molecule has 6 nitrogen and oxygen atoms in total. The van der Waals surface area contributed by atoms with Crippen molar-refractivity contribution in [3.63, 3.8) is 0 Å². The molecule has 1 amide bonds. The van der Waals surface area contributed by atoms with Crippen LogP contribution >= 0.6 is 0 Å². The van der Waals surface area contributed by atoms with E-state index in [0.717, 1.165) is 10.9 Å². The van der Waals surface area contributed by atoms with Gasteiger partial charge in [0.1, 0.15) is 0 Å². The molecule has 0 fully saturated rings. The van der Waals surface area contributed by atoms with Gasteiger partial charge in [-0.25, -0.2) is 0 Å². The minimum absolute atomic E-state index is 0.220. The standard InChI is InChI=1S/C20H20N2O4/c1-22(12-13-8-9-17(25-2)18(10-13)26-3)20(24)15-11-19(23)21-16-7-5-4-6-14(15)16/h4-11H,12H2,1-3H3,(H,21,23). The van der Waals surface area contributed by atoms with Crippen molar-refractivity contribution in [2.45, 2.75) is 6.54 Å². The quantitative estimate of drug-likeness (QED) is 0.766. The Morgan fingerprint density at radius 2 is 1.77 bits per heavy atom. The Hall–Kier alpha value is -3.28. The number of ether oxygens (including phenoxy) is 2. The molecule has 2 aromatic carbocycles. The largest absolute Gasteiger partial charge is 0.493 e. The molecule has 0 saturated heterocycles. The SMILES string of the molecule is COc1ccc(CN(C)C(=O)c2cc(=O)[nH]c3ccccc23)cc1OC. The van der Waals surface area contributed by atoms with E-state index in [2.05, 4.69) is 4.98 Å². The normalized spacial score (nSPS) is 10.6. The van der Waals surface area contributed by atoms with Crippen LogP contribution in [-0.4, -0.2) is 37.1 Å². The summed E-state index contributed by atoms with van der Waals surface area (Å²) in [7, 11) is 4.85. The fraction of sp³-hybridized carbons (Fsp3) is 0.200. The number of methoxy groups -OCH3 is 2. The molecule has 0 spiro atoms. The highest BCUT2D eigenvalue weighted by Gasteiger charge is 2.17. The lowest BCUT2D eigenvalue weighted by Crippen LogP contribution is -2.27. The van der Waals surface area contributed by atoms with Crippen molar-refractivity contribution in [2.24, 2.45) is 0 Å². The number of amides is 1. The molecule has 0 aliphatic heterocycles. The number of nitrogens with zero attached hydrogens (tertiary/aromatic N) is 1. The molecular weight excluding hydrogens is 332 g/mol. The number of carbonyl (C=O) groups excluding carboxylic acids is 1. The molecule has 0 aliphatic carbocycles. The third-order valence-corrected chi connectivity index (χ3v) is 4.20. The van der Waals surface area contributed by atoms with Gasteiger partial charge in [-0.2, -0.15) is 0 Å². The van der Waals surface area contributed by atoms with E-state index >= 15 is 0 Å². The summed E-state index contributed by atoms with van der Waals surface area (Å²) in [6, 6.07) is 14.1. The van der Waals surface area contributed by atoms with Crippen LogP contribution in [0.25, 0.3) is 10.9 Å². The first-order valence-electron chi connectivity index (χ1n) is 8.12. The Bertz CT molecular complexity index is 1010. The van der Waals surface area contributed by atoms with Crippen LogP contribution < -0.4 is 15.0 Å². The van der Waals surface area contributed by atoms with Gasteiger partial charge in [-0.1, -0.05) is 24.3 Å². The number of benzene rings is 2. The van der Waals surface area contributed by atoms with E-state index < -0.39 is 0 Å². The molecule has 1 N–H and O–H groups in total. The van der Waals surface area contributed by atoms with Crippen molar-refractivity contribution in [3.8, 4) is 11.5 Å². The van der Waals surface area contributed by atoms with Crippen LogP contribution in [-0.2, 0) is 6.54 Å². The number of rotatable bonds is 5. The van der Waals surface area contributed by atoms with Gasteiger partial charge >= 0.3 is 0 Å². The molecule has 0 atom stereocenters. The van der Waals surface area contributed by atoms with Gasteiger partial charge in [0, 0.05) is 30.6 Å². The molecule has 0 radical (unpaired) electrons. The highest BCUT2D eigenvalue weighted by molar-refractivity contribution is 6.05. The predicted octanol–water partition coefficient (Wildman–Crippen LogP) is 2.82. The first-order valence-corrected chi connectivity index (χ1v) is 8.12. The van der Waals surface area contributed by atoms with Gasteiger partial charge in [-0.3, -0.25) is 9.59 Å². The summed E-state index contributed by atoms with van der Waals surface area (Å²) in [5.74, 6) is 1.01. The molecule has 0 unspecified atom stereocenters. The van der Waals surface area contributed by atoms with Crippen molar-refractivity contribution in [1.29, 1.82) is 0 Å². The van der Waals surface area contributed by atoms with Crippen LogP contribution in [0.5, 0.6) is 11.5 Å². The summed E-state index contributed by atoms with van der Waals surface area (Å²) in [6.45, 7) is 0.375. The van der Waals surface area contributed by atoms with Crippen LogP contribution in [0.4, 0.5) is 0 Å². The first-order chi connectivity index (χ1) is 12.5. The molecule has 1 aromatic heterocycles. The maximum Gasteiger partial charge on any atom is 0.254 e. The molecule has 1 heterocycles. The summed E-state index contributed by atoms with van der Waals surface area (Å²) >= 11 is 0. The minimum Gasteiger partial charge on any atom is -0.493 e. The number of carbonyl (C=O) groups is 1. The zero-order valence-electron chi connectivity index (χ0n) is 14.9. The number of pyridine rings is 1. The number of nitrogens with one attached hydrogen (secondary N) is 1. The number of hydrogen-bond acceptors (Lipinski definition) is 4. The van der Waals surface area contributed by atoms with Crippen molar-refractivity contribution < 1.29 is 14.3 Å². The molecule has 0 saturated carbocycles. The highest BCUT2D eigenvalue weighted by Crippen LogP contribution is 2.28. The number of hydrogen-bond donors (Lipinski definition) is 1. The first kappa shape index (κ1) is 17.5. The van der Waals surface area contributed by atoms with Gasteiger partial charge in [0.2, 0.25) is 5.56 Å². The molecular formula is C20H20N2O4. The molecule has 0 aliphatic rings. The molecule has 26 heavy (non-hydrogen) atoms. The van der Waals surface area contributed by atoms with E-state index in [0.29, 0.717) is 29.1 Å². The van der Waals surface area contributed by atoms with Gasteiger partial charge in [0.05, 0.1) is 19.8 Å². The lowest BCUT2D eigenvalue weighted by Gasteiger charge is -2.19. The number of aromatic nitrogens is 1. The number of H-pyrrole nitrogens is 1. The minimum atomic E-state index is -0.299. The van der Waals surface area contributed by atoms with Crippen LogP contribution in [0.15, 0.2) is 53.3 Å². The average molecular weight is 352 g/mol. The van der Waals surface area contributed by atoms with Crippen molar-refractivity contribution in [1.82, 2.24) is 9.88 Å². The smallest absolute Gasteiger partial charge is 0.254 e. The van der Waals surface area contributed by atoms with Crippen molar-refractivity contribution in [2.75, 3.05) is 21.3 Å². The van der Waals surface area contributed by atoms with E-state index in [1.165, 1.54) is 6.07 Å². The summed E-state index contributed by atoms with van der Waals surface area (Å²) in [6.07, 6.45) is 0. The van der Waals surface area contributed by atoms with E-state index in [1.54, 1.807) is 38.3 Å². The van der Waals surface area contributed by atoms with Gasteiger partial charge < -0.3 is 19.4 Å². The highest BCUT2D eigenvalue weighted by atomic mass is 16.5. The van der Waals surface area contributed by atoms with Crippen molar-refractivity contribution in [3.05, 3.63) is 70.0 Å². The Labute approximate surface area is 151 Å². The summed E-state index contributed by atoms with van der Waals surface area (Å²) in [4.78, 5) is 29.1. The predicted molar refractivity (Wildman–Crippen MR) is 99.9 cm³/mol. The fourth-order valence-electron chi connectivity index (χ4n) is 2.91. The number of aromatic amines is 1. The van der Waals surface area contributed by atoms with Crippen LogP contribution in [0.2, 0.25) is 0 Å². The van der Waals surface area contributed by atoms with Gasteiger partial charge in [-0.15, -0.1) is 0 Å². The van der Waals surface area contributed by atoms with Gasteiger partial charge in [0.25, 0.3) is 5.91 Å².